The van der Waals surface area contributed by atoms with Gasteiger partial charge in [0, 0.05) is 36.8 Å². The average molecular weight is 461 g/mol. The number of hydrogen-bond donors (Lipinski definition) is 2. The van der Waals surface area contributed by atoms with E-state index in [4.69, 9.17) is 4.74 Å². The van der Waals surface area contributed by atoms with Crippen LogP contribution in [0, 0.1) is 12.7 Å². The van der Waals surface area contributed by atoms with Crippen LogP contribution in [-0.2, 0) is 13.5 Å². The zero-order valence-corrected chi connectivity index (χ0v) is 19.2. The van der Waals surface area contributed by atoms with Crippen molar-refractivity contribution in [2.24, 2.45) is 7.05 Å². The third-order valence-corrected chi connectivity index (χ3v) is 5.65. The van der Waals surface area contributed by atoms with Gasteiger partial charge in [0.2, 0.25) is 0 Å². The number of nitrogens with zero attached hydrogens (tertiary/aromatic N) is 2. The molecule has 8 heteroatoms. The second-order valence-electron chi connectivity index (χ2n) is 7.94. The Morgan fingerprint density at radius 1 is 1.00 bits per heavy atom. The number of carbonyl (C=O) groups excluding carboxylic acids is 2. The summed E-state index contributed by atoms with van der Waals surface area (Å²) in [4.78, 5) is 29.5. The summed E-state index contributed by atoms with van der Waals surface area (Å²) in [7, 11) is 3.47. The molecular weight excluding hydrogens is 435 g/mol. The van der Waals surface area contributed by atoms with Gasteiger partial charge in [0.1, 0.15) is 17.4 Å². The molecule has 0 saturated heterocycles. The van der Waals surface area contributed by atoms with E-state index in [9.17, 15) is 14.0 Å². The number of aryl methyl sites for hydroxylation is 2. The van der Waals surface area contributed by atoms with Gasteiger partial charge in [-0.15, -0.1) is 0 Å². The lowest BCUT2D eigenvalue weighted by Gasteiger charge is -2.07. The molecule has 2 N–H and O–H groups in total. The van der Waals surface area contributed by atoms with Gasteiger partial charge >= 0.3 is 0 Å². The van der Waals surface area contributed by atoms with Crippen molar-refractivity contribution in [2.75, 3.05) is 19.0 Å². The molecule has 3 aromatic carbocycles. The van der Waals surface area contributed by atoms with Crippen LogP contribution in [0.5, 0.6) is 5.75 Å². The fourth-order valence-corrected chi connectivity index (χ4v) is 3.62. The molecule has 34 heavy (non-hydrogen) atoms. The highest BCUT2D eigenvalue weighted by Crippen LogP contribution is 2.21. The van der Waals surface area contributed by atoms with Gasteiger partial charge in [0.25, 0.3) is 11.8 Å². The second-order valence-corrected chi connectivity index (χ2v) is 7.94. The lowest BCUT2D eigenvalue weighted by atomic mass is 10.1. The van der Waals surface area contributed by atoms with E-state index in [1.165, 1.54) is 6.07 Å². The van der Waals surface area contributed by atoms with Crippen molar-refractivity contribution >= 4 is 28.5 Å². The lowest BCUT2D eigenvalue weighted by Crippen LogP contribution is -2.26. The first-order valence-electron chi connectivity index (χ1n) is 10.8. The summed E-state index contributed by atoms with van der Waals surface area (Å²) in [5, 5.41) is 5.69. The number of hydrogen-bond acceptors (Lipinski definition) is 4. The van der Waals surface area contributed by atoms with E-state index in [0.717, 1.165) is 16.9 Å². The van der Waals surface area contributed by atoms with E-state index < -0.39 is 5.82 Å². The standard InChI is InChI=1S/C26H25FN4O3/c1-16-4-5-18(14-21(16)27)25(32)28-13-12-24-30-22-15-19(8-11-23(22)31(24)2)29-26(33)17-6-9-20(34-3)10-7-17/h4-11,14-15H,12-13H2,1-3H3,(H,28,32)(H,29,33). The maximum atomic E-state index is 13.7. The van der Waals surface area contributed by atoms with Crippen molar-refractivity contribution in [2.45, 2.75) is 13.3 Å². The summed E-state index contributed by atoms with van der Waals surface area (Å²) >= 11 is 0. The van der Waals surface area contributed by atoms with Crippen LogP contribution >= 0.6 is 0 Å². The molecule has 0 saturated carbocycles. The van der Waals surface area contributed by atoms with Crippen molar-refractivity contribution < 1.29 is 18.7 Å². The predicted octanol–water partition coefficient (Wildman–Crippen LogP) is 4.25. The zero-order chi connectivity index (χ0) is 24.2. The number of aromatic nitrogens is 2. The molecule has 4 aromatic rings. The van der Waals surface area contributed by atoms with Gasteiger partial charge in [0.05, 0.1) is 18.1 Å². The van der Waals surface area contributed by atoms with Crippen molar-refractivity contribution in [3.63, 3.8) is 0 Å². The van der Waals surface area contributed by atoms with E-state index in [1.807, 2.05) is 29.8 Å². The van der Waals surface area contributed by atoms with Crippen molar-refractivity contribution in [3.8, 4) is 5.75 Å². The van der Waals surface area contributed by atoms with Crippen molar-refractivity contribution in [3.05, 3.63) is 89.0 Å². The lowest BCUT2D eigenvalue weighted by molar-refractivity contribution is 0.0952. The molecule has 0 spiro atoms. The monoisotopic (exact) mass is 460 g/mol. The Kier molecular flexibility index (Phi) is 6.58. The molecule has 174 valence electrons. The molecule has 1 heterocycles. The number of methoxy groups -OCH3 is 1. The molecule has 4 rings (SSSR count). The number of anilines is 1. The van der Waals surface area contributed by atoms with Crippen LogP contribution in [0.4, 0.5) is 10.1 Å². The number of rotatable bonds is 7. The van der Waals surface area contributed by atoms with Gasteiger partial charge in [-0.2, -0.15) is 0 Å². The van der Waals surface area contributed by atoms with Crippen LogP contribution in [0.15, 0.2) is 60.7 Å². The molecule has 0 unspecified atom stereocenters. The van der Waals surface area contributed by atoms with E-state index in [1.54, 1.807) is 50.4 Å². The Morgan fingerprint density at radius 3 is 2.44 bits per heavy atom. The smallest absolute Gasteiger partial charge is 0.255 e. The second kappa shape index (κ2) is 9.74. The number of imidazole rings is 1. The van der Waals surface area contributed by atoms with E-state index in [2.05, 4.69) is 15.6 Å². The fraction of sp³-hybridized carbons (Fsp3) is 0.192. The quantitative estimate of drug-likeness (QED) is 0.432. The molecule has 1 aromatic heterocycles. The van der Waals surface area contributed by atoms with Gasteiger partial charge in [-0.05, 0) is 67.1 Å². The largest absolute Gasteiger partial charge is 0.497 e. The highest BCUT2D eigenvalue weighted by Gasteiger charge is 2.12. The first-order valence-corrected chi connectivity index (χ1v) is 10.8. The minimum atomic E-state index is -0.405. The van der Waals surface area contributed by atoms with Gasteiger partial charge in [-0.25, -0.2) is 9.37 Å². The number of amides is 2. The maximum Gasteiger partial charge on any atom is 0.255 e. The molecule has 0 radical (unpaired) electrons. The number of carbonyl (C=O) groups is 2. The normalized spacial score (nSPS) is 10.8. The van der Waals surface area contributed by atoms with E-state index in [-0.39, 0.29) is 17.4 Å². The van der Waals surface area contributed by atoms with Crippen LogP contribution in [0.25, 0.3) is 11.0 Å². The third kappa shape index (κ3) is 4.91. The van der Waals surface area contributed by atoms with E-state index >= 15 is 0 Å². The van der Waals surface area contributed by atoms with Gasteiger partial charge in [-0.1, -0.05) is 6.07 Å². The number of benzene rings is 3. The Balaban J connectivity index is 1.41. The van der Waals surface area contributed by atoms with Crippen molar-refractivity contribution in [1.29, 1.82) is 0 Å². The van der Waals surface area contributed by atoms with Crippen molar-refractivity contribution in [1.82, 2.24) is 14.9 Å². The molecule has 7 nitrogen and oxygen atoms in total. The summed E-state index contributed by atoms with van der Waals surface area (Å²) in [6, 6.07) is 16.8. The van der Waals surface area contributed by atoms with E-state index in [0.29, 0.717) is 35.5 Å². The highest BCUT2D eigenvalue weighted by atomic mass is 19.1. The molecule has 0 aliphatic rings. The summed E-state index contributed by atoms with van der Waals surface area (Å²) in [6.45, 7) is 2.01. The minimum Gasteiger partial charge on any atom is -0.497 e. The maximum absolute atomic E-state index is 13.7. The number of ether oxygens (including phenoxy) is 1. The zero-order valence-electron chi connectivity index (χ0n) is 19.2. The Bertz CT molecular complexity index is 1360. The Labute approximate surface area is 196 Å². The summed E-state index contributed by atoms with van der Waals surface area (Å²) in [5.41, 5.74) is 3.57. The summed E-state index contributed by atoms with van der Waals surface area (Å²) in [6.07, 6.45) is 0.499. The van der Waals surface area contributed by atoms with Crippen LogP contribution in [0.3, 0.4) is 0 Å². The van der Waals surface area contributed by atoms with Gasteiger partial charge in [-0.3, -0.25) is 9.59 Å². The Hall–Kier alpha value is -4.20. The predicted molar refractivity (Wildman–Crippen MR) is 129 cm³/mol. The third-order valence-electron chi connectivity index (χ3n) is 5.65. The highest BCUT2D eigenvalue weighted by molar-refractivity contribution is 6.05. The average Bonchev–Trinajstić information content (AvgIpc) is 3.15. The van der Waals surface area contributed by atoms with Crippen LogP contribution in [0.2, 0.25) is 0 Å². The molecule has 0 bridgehead atoms. The fourth-order valence-electron chi connectivity index (χ4n) is 3.62. The Morgan fingerprint density at radius 2 is 1.74 bits per heavy atom. The summed E-state index contributed by atoms with van der Waals surface area (Å²) in [5.74, 6) is 0.498. The number of fused-ring (bicyclic) bond motifs is 1. The van der Waals surface area contributed by atoms with Crippen LogP contribution in [-0.4, -0.2) is 35.0 Å². The molecule has 0 aliphatic heterocycles. The number of nitrogens with one attached hydrogen (secondary N) is 2. The molecule has 0 atom stereocenters. The first kappa shape index (κ1) is 23.0. The molecule has 2 amide bonds. The molecule has 0 fully saturated rings. The molecular formula is C26H25FN4O3. The van der Waals surface area contributed by atoms with Gasteiger partial charge < -0.3 is 19.9 Å². The SMILES string of the molecule is COc1ccc(C(=O)Nc2ccc3c(c2)nc(CCNC(=O)c2ccc(C)c(F)c2)n3C)cc1. The minimum absolute atomic E-state index is 0.228. The van der Waals surface area contributed by atoms with Crippen LogP contribution in [0.1, 0.15) is 32.1 Å². The number of halogens is 1. The van der Waals surface area contributed by atoms with Gasteiger partial charge in [0.15, 0.2) is 0 Å². The topological polar surface area (TPSA) is 85.2 Å². The molecule has 0 aliphatic carbocycles. The summed E-state index contributed by atoms with van der Waals surface area (Å²) < 4.78 is 20.8. The first-order chi connectivity index (χ1) is 16.4. The van der Waals surface area contributed by atoms with Crippen LogP contribution < -0.4 is 15.4 Å².